The van der Waals surface area contributed by atoms with Crippen LogP contribution in [0.25, 0.3) is 0 Å². The van der Waals surface area contributed by atoms with E-state index in [2.05, 4.69) is 15.9 Å². The Labute approximate surface area is 98.3 Å². The van der Waals surface area contributed by atoms with Gasteiger partial charge >= 0.3 is 0 Å². The van der Waals surface area contributed by atoms with E-state index in [4.69, 9.17) is 9.47 Å². The van der Waals surface area contributed by atoms with Crippen LogP contribution in [0.5, 0.6) is 0 Å². The van der Waals surface area contributed by atoms with Crippen molar-refractivity contribution in [1.29, 1.82) is 0 Å². The first kappa shape index (κ1) is 11.0. The van der Waals surface area contributed by atoms with Crippen molar-refractivity contribution in [1.82, 2.24) is 0 Å². The lowest BCUT2D eigenvalue weighted by molar-refractivity contribution is -0.385. The second-order valence-electron chi connectivity index (χ2n) is 3.17. The molecule has 82 valence electrons. The van der Waals surface area contributed by atoms with Crippen molar-refractivity contribution in [3.8, 4) is 0 Å². The molecule has 1 aliphatic rings. The van der Waals surface area contributed by atoms with Gasteiger partial charge in [0.05, 0.1) is 18.1 Å². The highest BCUT2D eigenvalue weighted by atomic mass is 79.9. The van der Waals surface area contributed by atoms with E-state index in [0.29, 0.717) is 18.1 Å². The summed E-state index contributed by atoms with van der Waals surface area (Å²) in [6.45, 7) is 1.01. The third-order valence-electron chi connectivity index (χ3n) is 2.08. The molecule has 7 heteroatoms. The van der Waals surface area contributed by atoms with Crippen molar-refractivity contribution >= 4 is 33.0 Å². The van der Waals surface area contributed by atoms with Gasteiger partial charge in [0.25, 0.3) is 5.69 Å². The number of rotatable bonds is 2. The topological polar surface area (TPSA) is 61.6 Å². The van der Waals surface area contributed by atoms with E-state index >= 15 is 0 Å². The minimum Gasteiger partial charge on any atom is -0.353 e. The summed E-state index contributed by atoms with van der Waals surface area (Å²) in [5, 5.41) is 12.5. The maximum absolute atomic E-state index is 10.8. The summed E-state index contributed by atoms with van der Waals surface area (Å²) in [7, 11) is 0. The van der Waals surface area contributed by atoms with Crippen molar-refractivity contribution in [2.24, 2.45) is 0 Å². The minimum absolute atomic E-state index is 0.117. The fourth-order valence-corrected chi connectivity index (χ4v) is 3.15. The molecule has 0 aliphatic carbocycles. The molecule has 1 fully saturated rings. The van der Waals surface area contributed by atoms with Crippen LogP contribution >= 0.6 is 27.3 Å². The number of thiophene rings is 1. The largest absolute Gasteiger partial charge is 0.353 e. The summed E-state index contributed by atoms with van der Waals surface area (Å²) < 4.78 is 9.74. The van der Waals surface area contributed by atoms with Crippen LogP contribution in [0, 0.1) is 10.1 Å². The third-order valence-corrected chi connectivity index (χ3v) is 4.30. The second-order valence-corrected chi connectivity index (χ2v) is 5.61. The van der Waals surface area contributed by atoms with Crippen LogP contribution in [0.2, 0.25) is 0 Å². The fraction of sp³-hybridized carbons (Fsp3) is 0.500. The summed E-state index contributed by atoms with van der Waals surface area (Å²) in [4.78, 5) is 11.0. The van der Waals surface area contributed by atoms with Crippen molar-refractivity contribution < 1.29 is 14.4 Å². The van der Waals surface area contributed by atoms with Crippen molar-refractivity contribution in [2.75, 3.05) is 20.0 Å². The average molecular weight is 294 g/mol. The molecule has 15 heavy (non-hydrogen) atoms. The maximum atomic E-state index is 10.8. The molecule has 1 aromatic rings. The molecule has 1 aromatic heterocycles. The Morgan fingerprint density at radius 1 is 1.53 bits per heavy atom. The van der Waals surface area contributed by atoms with E-state index < -0.39 is 4.32 Å². The summed E-state index contributed by atoms with van der Waals surface area (Å²) in [5.74, 6) is 0. The van der Waals surface area contributed by atoms with Crippen molar-refractivity contribution in [3.05, 3.63) is 26.4 Å². The third kappa shape index (κ3) is 2.05. The number of ether oxygens (including phenoxy) is 2. The maximum Gasteiger partial charge on any atom is 0.284 e. The van der Waals surface area contributed by atoms with E-state index in [-0.39, 0.29) is 17.4 Å². The van der Waals surface area contributed by atoms with E-state index in [1.165, 1.54) is 17.4 Å². The van der Waals surface area contributed by atoms with E-state index in [1.54, 1.807) is 5.38 Å². The predicted molar refractivity (Wildman–Crippen MR) is 58.3 cm³/mol. The summed E-state index contributed by atoms with van der Waals surface area (Å²) >= 11 is 4.79. The lowest BCUT2D eigenvalue weighted by Crippen LogP contribution is -2.35. The van der Waals surface area contributed by atoms with E-state index in [1.807, 2.05) is 0 Å². The summed E-state index contributed by atoms with van der Waals surface area (Å²) in [6.07, 6.45) is 0. The lowest BCUT2D eigenvalue weighted by atomic mass is 10.1. The number of halogens is 1. The molecule has 0 N–H and O–H groups in total. The Kier molecular flexibility index (Phi) is 3.06. The van der Waals surface area contributed by atoms with Crippen LogP contribution < -0.4 is 0 Å². The number of alkyl halides is 1. The first-order valence-electron chi connectivity index (χ1n) is 4.20. The van der Waals surface area contributed by atoms with Gasteiger partial charge in [-0.2, -0.15) is 0 Å². The SMILES string of the molecule is O=[N+]([O-])c1ccsc1C1(Br)COCOC1. The molecular weight excluding hydrogens is 286 g/mol. The fourth-order valence-electron chi connectivity index (χ4n) is 1.42. The first-order valence-corrected chi connectivity index (χ1v) is 5.87. The molecule has 2 rings (SSSR count). The monoisotopic (exact) mass is 293 g/mol. The molecule has 0 spiro atoms. The molecule has 0 unspecified atom stereocenters. The average Bonchev–Trinajstić information content (AvgIpc) is 2.67. The first-order chi connectivity index (χ1) is 7.13. The number of nitro groups is 1. The molecule has 5 nitrogen and oxygen atoms in total. The number of nitrogens with zero attached hydrogens (tertiary/aromatic N) is 1. The van der Waals surface area contributed by atoms with Gasteiger partial charge in [0, 0.05) is 6.07 Å². The molecule has 2 heterocycles. The molecule has 0 radical (unpaired) electrons. The van der Waals surface area contributed by atoms with Crippen LogP contribution in [0.3, 0.4) is 0 Å². The summed E-state index contributed by atoms with van der Waals surface area (Å²) in [5.41, 5.74) is 0.117. The van der Waals surface area contributed by atoms with Gasteiger partial charge in [-0.3, -0.25) is 10.1 Å². The van der Waals surface area contributed by atoms with Gasteiger partial charge < -0.3 is 9.47 Å². The van der Waals surface area contributed by atoms with Crippen LogP contribution in [0.4, 0.5) is 5.69 Å². The molecule has 0 bridgehead atoms. The Bertz CT molecular complexity index is 374. The van der Waals surface area contributed by atoms with E-state index in [0.717, 1.165) is 0 Å². The van der Waals surface area contributed by atoms with Gasteiger partial charge in [0.2, 0.25) is 0 Å². The highest BCUT2D eigenvalue weighted by Crippen LogP contribution is 2.42. The Hall–Kier alpha value is -0.500. The predicted octanol–water partition coefficient (Wildman–Crippen LogP) is 2.25. The van der Waals surface area contributed by atoms with Crippen LogP contribution in [-0.2, 0) is 13.8 Å². The van der Waals surface area contributed by atoms with Gasteiger partial charge in [0.15, 0.2) is 0 Å². The number of hydrogen-bond donors (Lipinski definition) is 0. The van der Waals surface area contributed by atoms with Crippen LogP contribution in [0.15, 0.2) is 11.4 Å². The zero-order valence-electron chi connectivity index (χ0n) is 7.64. The molecule has 1 saturated heterocycles. The molecule has 0 amide bonds. The molecule has 1 aliphatic heterocycles. The second kappa shape index (κ2) is 4.17. The Morgan fingerprint density at radius 2 is 2.20 bits per heavy atom. The van der Waals surface area contributed by atoms with E-state index in [9.17, 15) is 10.1 Å². The highest BCUT2D eigenvalue weighted by molar-refractivity contribution is 9.09. The van der Waals surface area contributed by atoms with Crippen molar-refractivity contribution in [3.63, 3.8) is 0 Å². The molecule has 0 aromatic carbocycles. The smallest absolute Gasteiger partial charge is 0.284 e. The van der Waals surface area contributed by atoms with Gasteiger partial charge in [0.1, 0.15) is 16.0 Å². The van der Waals surface area contributed by atoms with Gasteiger partial charge in [-0.15, -0.1) is 11.3 Å². The van der Waals surface area contributed by atoms with Gasteiger partial charge in [-0.05, 0) is 5.38 Å². The normalized spacial score (nSPS) is 20.1. The van der Waals surface area contributed by atoms with Crippen molar-refractivity contribution in [2.45, 2.75) is 4.32 Å². The zero-order valence-corrected chi connectivity index (χ0v) is 10.0. The molecule has 0 atom stereocenters. The highest BCUT2D eigenvalue weighted by Gasteiger charge is 2.39. The van der Waals surface area contributed by atoms with Gasteiger partial charge in [-0.1, -0.05) is 15.9 Å². The summed E-state index contributed by atoms with van der Waals surface area (Å²) in [6, 6.07) is 1.50. The quantitative estimate of drug-likeness (QED) is 0.477. The Balaban J connectivity index is 2.34. The van der Waals surface area contributed by atoms with Gasteiger partial charge in [-0.25, -0.2) is 0 Å². The minimum atomic E-state index is -0.582. The Morgan fingerprint density at radius 3 is 2.80 bits per heavy atom. The zero-order chi connectivity index (χ0) is 10.9. The lowest BCUT2D eigenvalue weighted by Gasteiger charge is -2.29. The standard InChI is InChI=1S/C8H8BrNO4S/c9-8(3-13-5-14-4-8)7-6(10(11)12)1-2-15-7/h1-2H,3-5H2. The molecular formula is C8H8BrNO4S. The number of hydrogen-bond acceptors (Lipinski definition) is 5. The van der Waals surface area contributed by atoms with Crippen LogP contribution in [-0.4, -0.2) is 24.9 Å². The molecule has 0 saturated carbocycles. The van der Waals surface area contributed by atoms with Crippen LogP contribution in [0.1, 0.15) is 4.88 Å².